The number of aromatic amines is 1. The summed E-state index contributed by atoms with van der Waals surface area (Å²) in [6.07, 6.45) is 2.18. The van der Waals surface area contributed by atoms with Crippen LogP contribution in [0.3, 0.4) is 0 Å². The van der Waals surface area contributed by atoms with Gasteiger partial charge in [0.2, 0.25) is 0 Å². The minimum Gasteiger partial charge on any atom is -0.385 e. The van der Waals surface area contributed by atoms with Crippen molar-refractivity contribution in [3.8, 4) is 0 Å². The number of carbonyl (C=O) groups excluding carboxylic acids is 1. The van der Waals surface area contributed by atoms with Crippen LogP contribution in [0.2, 0.25) is 0 Å². The van der Waals surface area contributed by atoms with Crippen LogP contribution in [0.15, 0.2) is 17.1 Å². The molecule has 0 aliphatic heterocycles. The van der Waals surface area contributed by atoms with Gasteiger partial charge in [-0.3, -0.25) is 9.59 Å². The lowest BCUT2D eigenvalue weighted by Gasteiger charge is -2.22. The summed E-state index contributed by atoms with van der Waals surface area (Å²) < 4.78 is 5.03. The predicted octanol–water partition coefficient (Wildman–Crippen LogP) is 1.47. The fourth-order valence-electron chi connectivity index (χ4n) is 1.81. The van der Waals surface area contributed by atoms with E-state index in [0.29, 0.717) is 6.61 Å². The molecule has 5 heteroatoms. The Balaban J connectivity index is 2.79. The van der Waals surface area contributed by atoms with Gasteiger partial charge in [0.15, 0.2) is 5.43 Å². The lowest BCUT2D eigenvalue weighted by Crippen LogP contribution is -2.41. The highest BCUT2D eigenvalue weighted by molar-refractivity contribution is 5.93. The summed E-state index contributed by atoms with van der Waals surface area (Å²) in [5.41, 5.74) is 0.623. The molecule has 0 radical (unpaired) electrons. The van der Waals surface area contributed by atoms with Crippen molar-refractivity contribution >= 4 is 5.91 Å². The van der Waals surface area contributed by atoms with E-state index in [1.807, 2.05) is 13.8 Å². The second-order valence-corrected chi connectivity index (χ2v) is 5.00. The first-order valence-electron chi connectivity index (χ1n) is 6.44. The van der Waals surface area contributed by atoms with E-state index in [1.165, 1.54) is 12.3 Å². The largest absolute Gasteiger partial charge is 0.385 e. The average molecular weight is 266 g/mol. The van der Waals surface area contributed by atoms with Crippen LogP contribution in [-0.2, 0) is 4.74 Å². The van der Waals surface area contributed by atoms with Gasteiger partial charge in [0.1, 0.15) is 5.56 Å². The highest BCUT2D eigenvalue weighted by atomic mass is 16.5. The van der Waals surface area contributed by atoms with Crippen LogP contribution in [0.1, 0.15) is 36.3 Å². The standard InChI is InChI=1S/C14H22N2O3/c1-9(2)12(5-6-19-4)16-14(18)11-8-15-10(3)7-13(11)17/h7-9,12H,5-6H2,1-4H3,(H,15,17)(H,16,18)/t12-/m1/s1. The van der Waals surface area contributed by atoms with E-state index in [1.54, 1.807) is 14.0 Å². The van der Waals surface area contributed by atoms with Crippen molar-refractivity contribution in [3.05, 3.63) is 33.7 Å². The van der Waals surface area contributed by atoms with Gasteiger partial charge in [-0.25, -0.2) is 0 Å². The van der Waals surface area contributed by atoms with E-state index in [2.05, 4.69) is 10.3 Å². The van der Waals surface area contributed by atoms with Crippen LogP contribution in [-0.4, -0.2) is 30.6 Å². The van der Waals surface area contributed by atoms with Gasteiger partial charge < -0.3 is 15.0 Å². The number of hydrogen-bond acceptors (Lipinski definition) is 3. The first-order chi connectivity index (χ1) is 8.95. The maximum absolute atomic E-state index is 12.1. The number of H-pyrrole nitrogens is 1. The Hall–Kier alpha value is -1.62. The Labute approximate surface area is 113 Å². The lowest BCUT2D eigenvalue weighted by molar-refractivity contribution is 0.0907. The summed E-state index contributed by atoms with van der Waals surface area (Å²) in [7, 11) is 1.63. The van der Waals surface area contributed by atoms with Crippen LogP contribution in [0.5, 0.6) is 0 Å². The Morgan fingerprint density at radius 3 is 2.68 bits per heavy atom. The molecule has 0 unspecified atom stereocenters. The van der Waals surface area contributed by atoms with Gasteiger partial charge in [0, 0.05) is 37.7 Å². The first-order valence-corrected chi connectivity index (χ1v) is 6.44. The number of ether oxygens (including phenoxy) is 1. The Morgan fingerprint density at radius 1 is 1.47 bits per heavy atom. The van der Waals surface area contributed by atoms with Crippen LogP contribution < -0.4 is 10.7 Å². The third-order valence-corrected chi connectivity index (χ3v) is 3.06. The summed E-state index contributed by atoms with van der Waals surface area (Å²) >= 11 is 0. The third-order valence-electron chi connectivity index (χ3n) is 3.06. The molecule has 0 aliphatic rings. The molecule has 0 saturated carbocycles. The van der Waals surface area contributed by atoms with Gasteiger partial charge >= 0.3 is 0 Å². The summed E-state index contributed by atoms with van der Waals surface area (Å²) in [6, 6.07) is 1.42. The topological polar surface area (TPSA) is 71.2 Å². The highest BCUT2D eigenvalue weighted by Crippen LogP contribution is 2.07. The summed E-state index contributed by atoms with van der Waals surface area (Å²) in [4.78, 5) is 26.7. The van der Waals surface area contributed by atoms with Crippen molar-refractivity contribution in [2.45, 2.75) is 33.2 Å². The Morgan fingerprint density at radius 2 is 2.16 bits per heavy atom. The zero-order valence-electron chi connectivity index (χ0n) is 11.9. The quantitative estimate of drug-likeness (QED) is 0.819. The van der Waals surface area contributed by atoms with Gasteiger partial charge in [-0.15, -0.1) is 0 Å². The van der Waals surface area contributed by atoms with E-state index in [9.17, 15) is 9.59 Å². The molecule has 0 aliphatic carbocycles. The second-order valence-electron chi connectivity index (χ2n) is 5.00. The van der Waals surface area contributed by atoms with Crippen LogP contribution in [0, 0.1) is 12.8 Å². The van der Waals surface area contributed by atoms with Crippen LogP contribution in [0.25, 0.3) is 0 Å². The number of carbonyl (C=O) groups is 1. The molecule has 1 heterocycles. The maximum Gasteiger partial charge on any atom is 0.256 e. The monoisotopic (exact) mass is 266 g/mol. The van der Waals surface area contributed by atoms with E-state index >= 15 is 0 Å². The van der Waals surface area contributed by atoms with Crippen molar-refractivity contribution in [2.24, 2.45) is 5.92 Å². The summed E-state index contributed by atoms with van der Waals surface area (Å²) in [6.45, 7) is 6.41. The number of nitrogens with one attached hydrogen (secondary N) is 2. The van der Waals surface area contributed by atoms with Crippen LogP contribution >= 0.6 is 0 Å². The minimum atomic E-state index is -0.337. The van der Waals surface area contributed by atoms with E-state index in [0.717, 1.165) is 12.1 Å². The Bertz CT molecular complexity index is 480. The van der Waals surface area contributed by atoms with Gasteiger partial charge in [0.05, 0.1) is 0 Å². The van der Waals surface area contributed by atoms with E-state index in [-0.39, 0.29) is 28.9 Å². The van der Waals surface area contributed by atoms with Crippen molar-refractivity contribution in [2.75, 3.05) is 13.7 Å². The van der Waals surface area contributed by atoms with Gasteiger partial charge in [-0.05, 0) is 19.3 Å². The zero-order valence-corrected chi connectivity index (χ0v) is 11.9. The first kappa shape index (κ1) is 15.4. The highest BCUT2D eigenvalue weighted by Gasteiger charge is 2.18. The van der Waals surface area contributed by atoms with Crippen molar-refractivity contribution in [1.82, 2.24) is 10.3 Å². The normalized spacial score (nSPS) is 12.5. The molecule has 1 aromatic heterocycles. The molecular formula is C14H22N2O3. The SMILES string of the molecule is COCC[C@@H](NC(=O)c1c[nH]c(C)cc1=O)C(C)C. The molecule has 0 fully saturated rings. The van der Waals surface area contributed by atoms with Gasteiger partial charge in [0.25, 0.3) is 5.91 Å². The molecular weight excluding hydrogens is 244 g/mol. The molecule has 1 atom stereocenters. The minimum absolute atomic E-state index is 0.00634. The number of aryl methyl sites for hydroxylation is 1. The van der Waals surface area contributed by atoms with E-state index in [4.69, 9.17) is 4.74 Å². The molecule has 106 valence electrons. The number of hydrogen-bond donors (Lipinski definition) is 2. The van der Waals surface area contributed by atoms with E-state index < -0.39 is 0 Å². The predicted molar refractivity (Wildman–Crippen MR) is 74.4 cm³/mol. The van der Waals surface area contributed by atoms with Crippen molar-refractivity contribution < 1.29 is 9.53 Å². The number of amides is 1. The molecule has 0 bridgehead atoms. The van der Waals surface area contributed by atoms with Gasteiger partial charge in [-0.2, -0.15) is 0 Å². The van der Waals surface area contributed by atoms with Gasteiger partial charge in [-0.1, -0.05) is 13.8 Å². The summed E-state index contributed by atoms with van der Waals surface area (Å²) in [5, 5.41) is 2.89. The number of methoxy groups -OCH3 is 1. The molecule has 0 spiro atoms. The molecule has 1 amide bonds. The average Bonchev–Trinajstić information content (AvgIpc) is 2.33. The molecule has 1 aromatic rings. The molecule has 2 N–H and O–H groups in total. The molecule has 0 aromatic carbocycles. The van der Waals surface area contributed by atoms with Crippen molar-refractivity contribution in [1.29, 1.82) is 0 Å². The second kappa shape index (κ2) is 7.09. The lowest BCUT2D eigenvalue weighted by atomic mass is 10.0. The smallest absolute Gasteiger partial charge is 0.256 e. The number of pyridine rings is 1. The summed E-state index contributed by atoms with van der Waals surface area (Å²) in [5.74, 6) is -0.0558. The maximum atomic E-state index is 12.1. The molecule has 0 saturated heterocycles. The Kier molecular flexibility index (Phi) is 5.76. The fraction of sp³-hybridized carbons (Fsp3) is 0.571. The van der Waals surface area contributed by atoms with Crippen molar-refractivity contribution in [3.63, 3.8) is 0 Å². The molecule has 5 nitrogen and oxygen atoms in total. The molecule has 1 rings (SSSR count). The third kappa shape index (κ3) is 4.52. The fourth-order valence-corrected chi connectivity index (χ4v) is 1.81. The molecule has 19 heavy (non-hydrogen) atoms. The number of rotatable bonds is 6. The number of aromatic nitrogens is 1. The van der Waals surface area contributed by atoms with Crippen LogP contribution in [0.4, 0.5) is 0 Å². The zero-order chi connectivity index (χ0) is 14.4.